The molecule has 0 aliphatic carbocycles. The fourth-order valence-electron chi connectivity index (χ4n) is 6.75. The number of rotatable bonds is 7. The molecule has 1 amide bonds. The number of hydrogen-bond acceptors (Lipinski definition) is 9. The number of H-pyrrole nitrogens is 1. The molecule has 11 nitrogen and oxygen atoms in total. The Morgan fingerprint density at radius 1 is 1.24 bits per heavy atom. The van der Waals surface area contributed by atoms with E-state index in [1.807, 2.05) is 4.90 Å². The van der Waals surface area contributed by atoms with Crippen LogP contribution in [0.1, 0.15) is 35.2 Å². The van der Waals surface area contributed by atoms with Crippen LogP contribution in [0.25, 0.3) is 10.9 Å². The second kappa shape index (κ2) is 12.5. The lowest BCUT2D eigenvalue weighted by Crippen LogP contribution is -2.55. The molecule has 6 rings (SSSR count). The van der Waals surface area contributed by atoms with Crippen molar-refractivity contribution >= 4 is 37.3 Å². The molecule has 0 spiro atoms. The molecule has 1 N–H and O–H groups in total. The van der Waals surface area contributed by atoms with Crippen LogP contribution in [-0.2, 0) is 23.9 Å². The summed E-state index contributed by atoms with van der Waals surface area (Å²) in [5.41, 5.74) is 1.25. The van der Waals surface area contributed by atoms with E-state index in [9.17, 15) is 27.6 Å². The van der Waals surface area contributed by atoms with Crippen molar-refractivity contribution in [3.63, 3.8) is 0 Å². The maximum atomic E-state index is 14.5. The molecule has 16 heteroatoms. The van der Waals surface area contributed by atoms with Gasteiger partial charge in [0.25, 0.3) is 5.91 Å². The molecule has 0 saturated carbocycles. The number of halogens is 4. The summed E-state index contributed by atoms with van der Waals surface area (Å²) in [6.45, 7) is 6.57. The molecule has 2 saturated heterocycles. The van der Waals surface area contributed by atoms with E-state index in [-0.39, 0.29) is 49.9 Å². The molecule has 2 aromatic heterocycles. The van der Waals surface area contributed by atoms with Crippen LogP contribution in [0.2, 0.25) is 6.04 Å². The summed E-state index contributed by atoms with van der Waals surface area (Å²) in [6, 6.07) is 4.13. The SMILES string of the molecule is C=C(F)C(=O)N1CCN(c2nc(OC[Si]3CCCN3C)nc3c2CCN(c2c(C(F)(F)F)c(C)cc4[nH]ncc24)C3)C[C@@H]1CC#N. The number of aromatic nitrogens is 4. The van der Waals surface area contributed by atoms with Crippen LogP contribution in [0.15, 0.2) is 24.7 Å². The first-order valence-electron chi connectivity index (χ1n) is 15.1. The number of nitriles is 1. The highest BCUT2D eigenvalue weighted by Gasteiger charge is 2.40. The number of aryl methyl sites for hydroxylation is 1. The van der Waals surface area contributed by atoms with Gasteiger partial charge in [-0.05, 0) is 51.0 Å². The largest absolute Gasteiger partial charge is 0.466 e. The molecule has 2 fully saturated rings. The zero-order valence-corrected chi connectivity index (χ0v) is 26.6. The first kappa shape index (κ1) is 31.7. The molecule has 3 aliphatic heterocycles. The van der Waals surface area contributed by atoms with Gasteiger partial charge in [0.2, 0.25) is 0 Å². The number of amides is 1. The van der Waals surface area contributed by atoms with E-state index in [0.717, 1.165) is 24.6 Å². The Kier molecular flexibility index (Phi) is 8.64. The van der Waals surface area contributed by atoms with Crippen LogP contribution in [0, 0.1) is 18.3 Å². The van der Waals surface area contributed by atoms with Gasteiger partial charge >= 0.3 is 12.2 Å². The highest BCUT2D eigenvalue weighted by atomic mass is 28.3. The molecular weight excluding hydrogens is 622 g/mol. The zero-order valence-electron chi connectivity index (χ0n) is 25.6. The summed E-state index contributed by atoms with van der Waals surface area (Å²) < 4.78 is 65.8. The lowest BCUT2D eigenvalue weighted by molar-refractivity contribution is -0.137. The van der Waals surface area contributed by atoms with Crippen molar-refractivity contribution in [3.05, 3.63) is 47.1 Å². The van der Waals surface area contributed by atoms with E-state index in [0.29, 0.717) is 41.6 Å². The molecule has 0 unspecified atom stereocenters. The minimum Gasteiger partial charge on any atom is -0.466 e. The summed E-state index contributed by atoms with van der Waals surface area (Å²) in [6.07, 6.45) is -1.31. The Balaban J connectivity index is 1.38. The Morgan fingerprint density at radius 2 is 2.04 bits per heavy atom. The summed E-state index contributed by atoms with van der Waals surface area (Å²) in [5.74, 6) is -1.38. The number of carbonyl (C=O) groups excluding carboxylic acids is 1. The number of fused-ring (bicyclic) bond motifs is 2. The van der Waals surface area contributed by atoms with Gasteiger partial charge in [0.05, 0.1) is 60.0 Å². The van der Waals surface area contributed by atoms with Crippen LogP contribution in [-0.4, -0.2) is 96.5 Å². The molecule has 1 radical (unpaired) electrons. The third kappa shape index (κ3) is 6.00. The van der Waals surface area contributed by atoms with Gasteiger partial charge in [-0.15, -0.1) is 0 Å². The van der Waals surface area contributed by atoms with E-state index in [2.05, 4.69) is 34.5 Å². The molecule has 0 bridgehead atoms. The molecule has 46 heavy (non-hydrogen) atoms. The standard InChI is InChI=1S/C30H34F4N9O2Si/c1-18-13-23-22(14-36-39-23)26(25(18)30(32,33)34)41-9-6-21-24(16-41)37-29(45-17-46-12-4-8-40(46)3)38-27(21)42-10-11-43(28(44)19(2)31)20(15-42)5-7-35/h13-14,20H,2,4-6,8-12,15-17H2,1,3H3,(H,36,39)/t20-/m0/s1. The lowest BCUT2D eigenvalue weighted by Gasteiger charge is -2.42. The van der Waals surface area contributed by atoms with Gasteiger partial charge in [0.1, 0.15) is 5.82 Å². The number of nitrogens with zero attached hydrogens (tertiary/aromatic N) is 8. The van der Waals surface area contributed by atoms with Crippen molar-refractivity contribution < 1.29 is 27.1 Å². The fourth-order valence-corrected chi connectivity index (χ4v) is 8.83. The summed E-state index contributed by atoms with van der Waals surface area (Å²) in [5, 5.41) is 16.7. The lowest BCUT2D eigenvalue weighted by atomic mass is 9.98. The van der Waals surface area contributed by atoms with Crippen molar-refractivity contribution in [1.29, 1.82) is 5.26 Å². The summed E-state index contributed by atoms with van der Waals surface area (Å²) in [7, 11) is 1.13. The smallest absolute Gasteiger partial charge is 0.418 e. The van der Waals surface area contributed by atoms with E-state index < -0.39 is 38.5 Å². The second-order valence-electron chi connectivity index (χ2n) is 11.9. The van der Waals surface area contributed by atoms with Crippen molar-refractivity contribution in [2.45, 2.75) is 51.0 Å². The van der Waals surface area contributed by atoms with Crippen molar-refractivity contribution in [2.75, 3.05) is 55.8 Å². The van der Waals surface area contributed by atoms with Crippen molar-refractivity contribution in [2.24, 2.45) is 0 Å². The Hall–Kier alpha value is -4.23. The maximum Gasteiger partial charge on any atom is 0.418 e. The summed E-state index contributed by atoms with van der Waals surface area (Å²) >= 11 is 0. The maximum absolute atomic E-state index is 14.5. The average molecular weight is 657 g/mol. The van der Waals surface area contributed by atoms with Gasteiger partial charge in [-0.25, -0.2) is 4.39 Å². The topological polar surface area (TPSA) is 118 Å². The number of nitrogens with one attached hydrogen (secondary N) is 1. The molecule has 1 aromatic carbocycles. The Morgan fingerprint density at radius 3 is 2.74 bits per heavy atom. The first-order chi connectivity index (χ1) is 22.0. The van der Waals surface area contributed by atoms with Crippen molar-refractivity contribution in [3.8, 4) is 12.1 Å². The number of alkyl halides is 3. The number of benzene rings is 1. The number of piperazine rings is 1. The van der Waals surface area contributed by atoms with Crippen LogP contribution in [0.3, 0.4) is 0 Å². The summed E-state index contributed by atoms with van der Waals surface area (Å²) in [4.78, 5) is 27.0. The Bertz CT molecular complexity index is 1710. The quantitative estimate of drug-likeness (QED) is 0.230. The van der Waals surface area contributed by atoms with E-state index in [1.165, 1.54) is 24.1 Å². The van der Waals surface area contributed by atoms with Gasteiger partial charge in [-0.1, -0.05) is 6.58 Å². The molecule has 243 valence electrons. The van der Waals surface area contributed by atoms with Gasteiger partial charge < -0.3 is 24.0 Å². The number of anilines is 2. The van der Waals surface area contributed by atoms with E-state index in [4.69, 9.17) is 14.7 Å². The monoisotopic (exact) mass is 656 g/mol. The fraction of sp³-hybridized carbons (Fsp3) is 0.500. The minimum absolute atomic E-state index is 0.0215. The molecule has 1 atom stereocenters. The second-order valence-corrected chi connectivity index (χ2v) is 14.6. The molecule has 3 aromatic rings. The third-order valence-corrected chi connectivity index (χ3v) is 11.7. The highest BCUT2D eigenvalue weighted by Crippen LogP contribution is 2.44. The van der Waals surface area contributed by atoms with Crippen molar-refractivity contribution in [1.82, 2.24) is 29.6 Å². The average Bonchev–Trinajstić information content (AvgIpc) is 3.66. The van der Waals surface area contributed by atoms with E-state index in [1.54, 1.807) is 4.90 Å². The Labute approximate surface area is 265 Å². The number of ether oxygens (including phenoxy) is 1. The number of hydrogen-bond donors (Lipinski definition) is 1. The van der Waals surface area contributed by atoms with Crippen LogP contribution in [0.5, 0.6) is 6.01 Å². The van der Waals surface area contributed by atoms with Crippen LogP contribution >= 0.6 is 0 Å². The van der Waals surface area contributed by atoms with Gasteiger partial charge in [0, 0.05) is 37.1 Å². The van der Waals surface area contributed by atoms with Gasteiger partial charge in [-0.3, -0.25) is 9.89 Å². The van der Waals surface area contributed by atoms with Crippen LogP contribution < -0.4 is 14.5 Å². The first-order valence-corrected chi connectivity index (χ1v) is 17.0. The van der Waals surface area contributed by atoms with Gasteiger partial charge in [0.15, 0.2) is 14.8 Å². The van der Waals surface area contributed by atoms with Crippen LogP contribution in [0.4, 0.5) is 29.1 Å². The highest BCUT2D eigenvalue weighted by molar-refractivity contribution is 6.56. The predicted octanol–water partition coefficient (Wildman–Crippen LogP) is 3.90. The molecular formula is C30H34F4N9O2Si. The minimum atomic E-state index is -4.59. The molecule has 3 aliphatic rings. The predicted molar refractivity (Wildman–Crippen MR) is 164 cm³/mol. The normalized spacial score (nSPS) is 19.4. The number of aromatic amines is 1. The number of carbonyl (C=O) groups is 1. The third-order valence-electron chi connectivity index (χ3n) is 9.01. The van der Waals surface area contributed by atoms with E-state index >= 15 is 0 Å². The zero-order chi connectivity index (χ0) is 32.7. The molecule has 5 heterocycles. The van der Waals surface area contributed by atoms with Gasteiger partial charge in [-0.2, -0.15) is 33.5 Å².